The molecule has 0 aliphatic carbocycles. The Labute approximate surface area is 172 Å². The maximum absolute atomic E-state index is 10.9. The van der Waals surface area contributed by atoms with E-state index in [-0.39, 0.29) is 0 Å². The molecule has 0 aliphatic rings. The second-order valence-electron chi connectivity index (χ2n) is 6.46. The van der Waals surface area contributed by atoms with E-state index < -0.39 is 22.6 Å². The molecule has 0 aliphatic heterocycles. The van der Waals surface area contributed by atoms with Crippen LogP contribution >= 0.6 is 0 Å². The van der Waals surface area contributed by atoms with E-state index in [0.29, 0.717) is 0 Å². The van der Waals surface area contributed by atoms with Crippen LogP contribution in [0.2, 0.25) is 0 Å². The van der Waals surface area contributed by atoms with E-state index in [9.17, 15) is 8.42 Å². The van der Waals surface area contributed by atoms with Crippen LogP contribution in [0.3, 0.4) is 0 Å². The summed E-state index contributed by atoms with van der Waals surface area (Å²) in [4.78, 5) is 0. The molecule has 0 fully saturated rings. The summed E-state index contributed by atoms with van der Waals surface area (Å²) < 4.78 is 25.5. The molecule has 4 nitrogen and oxygen atoms in total. The van der Waals surface area contributed by atoms with E-state index in [4.69, 9.17) is 5.73 Å². The van der Waals surface area contributed by atoms with Crippen LogP contribution in [0.1, 0.15) is 23.2 Å². The lowest BCUT2D eigenvalue weighted by Gasteiger charge is -2.19. The Balaban J connectivity index is 0.000000200. The quantitative estimate of drug-likeness (QED) is 0.501. The highest BCUT2D eigenvalue weighted by molar-refractivity contribution is 7.61. The molecule has 0 saturated carbocycles. The molecular formula is C24H22N2O2S. The van der Waals surface area contributed by atoms with Gasteiger partial charge in [-0.2, -0.15) is 12.8 Å². The molecule has 0 amide bonds. The summed E-state index contributed by atoms with van der Waals surface area (Å²) in [6, 6.07) is 34.1. The number of nitrogens with two attached hydrogens (primary N) is 1. The van der Waals surface area contributed by atoms with E-state index >= 15 is 0 Å². The molecule has 0 spiro atoms. The van der Waals surface area contributed by atoms with Gasteiger partial charge in [0.2, 0.25) is 0 Å². The number of nitrogens with zero attached hydrogens (tertiary/aromatic N) is 1. The number of benzene rings is 4. The summed E-state index contributed by atoms with van der Waals surface area (Å²) in [6.07, 6.45) is 0. The highest BCUT2D eigenvalue weighted by Gasteiger charge is 2.21. The predicted molar refractivity (Wildman–Crippen MR) is 118 cm³/mol. The summed E-state index contributed by atoms with van der Waals surface area (Å²) in [7, 11) is -2.50. The number of rotatable bonds is 4. The largest absolute Gasteiger partial charge is 0.322 e. The first kappa shape index (κ1) is 20.5. The van der Waals surface area contributed by atoms with Gasteiger partial charge in [-0.15, -0.1) is 0 Å². The minimum atomic E-state index is -2.50. The van der Waals surface area contributed by atoms with Crippen molar-refractivity contribution in [1.29, 1.82) is 0 Å². The van der Waals surface area contributed by atoms with Crippen molar-refractivity contribution in [3.8, 4) is 0 Å². The molecule has 0 heterocycles. The lowest BCUT2D eigenvalue weighted by atomic mass is 9.95. The van der Waals surface area contributed by atoms with Crippen molar-refractivity contribution in [1.82, 2.24) is 0 Å². The van der Waals surface area contributed by atoms with Crippen molar-refractivity contribution < 1.29 is 8.42 Å². The van der Waals surface area contributed by atoms with E-state index in [1.807, 2.05) is 60.7 Å². The van der Waals surface area contributed by atoms with Crippen molar-refractivity contribution in [2.24, 2.45) is 10.1 Å². The van der Waals surface area contributed by atoms with Crippen molar-refractivity contribution >= 4 is 21.3 Å². The van der Waals surface area contributed by atoms with Gasteiger partial charge in [-0.3, -0.25) is 0 Å². The molecule has 29 heavy (non-hydrogen) atoms. The summed E-state index contributed by atoms with van der Waals surface area (Å²) in [5.41, 5.74) is 7.79. The molecule has 0 bridgehead atoms. The van der Waals surface area contributed by atoms with Crippen LogP contribution in [-0.2, 0) is 10.5 Å². The van der Waals surface area contributed by atoms with Crippen molar-refractivity contribution in [3.05, 3.63) is 120 Å². The van der Waals surface area contributed by atoms with Crippen LogP contribution in [0.5, 0.6) is 0 Å². The van der Waals surface area contributed by atoms with Gasteiger partial charge in [-0.25, -0.2) is 0 Å². The first-order valence-electron chi connectivity index (χ1n) is 9.24. The van der Waals surface area contributed by atoms with E-state index in [1.54, 1.807) is 0 Å². The van der Waals surface area contributed by atoms with Crippen molar-refractivity contribution in [2.75, 3.05) is 0 Å². The zero-order chi connectivity index (χ0) is 20.5. The normalized spacial score (nSPS) is 12.3. The fourth-order valence-electron chi connectivity index (χ4n) is 3.07. The molecule has 2 atom stereocenters. The second kappa shape index (κ2) is 10.3. The molecule has 0 radical (unpaired) electrons. The molecular weight excluding hydrogens is 380 g/mol. The Hall–Kier alpha value is -3.28. The molecule has 4 aromatic carbocycles. The maximum atomic E-state index is 10.9. The number of hydrogen-bond donors (Lipinski definition) is 1. The highest BCUT2D eigenvalue weighted by Crippen LogP contribution is 2.30. The molecule has 2 N–H and O–H groups in total. The average molecular weight is 403 g/mol. The van der Waals surface area contributed by atoms with Crippen LogP contribution in [0.4, 0.5) is 0 Å². The molecule has 0 aromatic heterocycles. The fraction of sp³-hybridized carbons (Fsp3) is 0.0833. The SMILES string of the molecule is NC(c1ccccc1)[C@@H](N=S(=O)=O)c1ccccc1.c1ccc2ccccc2c1. The number of fused-ring (bicyclic) bond motifs is 1. The van der Waals surface area contributed by atoms with Gasteiger partial charge in [0.15, 0.2) is 0 Å². The predicted octanol–water partition coefficient (Wildman–Crippen LogP) is 5.33. The van der Waals surface area contributed by atoms with Gasteiger partial charge in [-0.1, -0.05) is 109 Å². The Kier molecular flexibility index (Phi) is 7.28. The molecule has 0 saturated heterocycles. The molecule has 1 unspecified atom stereocenters. The summed E-state index contributed by atoms with van der Waals surface area (Å²) >= 11 is 0. The molecule has 4 aromatic rings. The van der Waals surface area contributed by atoms with Crippen molar-refractivity contribution in [2.45, 2.75) is 12.1 Å². The third-order valence-corrected chi connectivity index (χ3v) is 4.92. The minimum absolute atomic E-state index is 0.499. The van der Waals surface area contributed by atoms with Gasteiger partial charge in [0.05, 0.1) is 6.04 Å². The monoisotopic (exact) mass is 402 g/mol. The van der Waals surface area contributed by atoms with E-state index in [2.05, 4.69) is 52.9 Å². The van der Waals surface area contributed by atoms with Gasteiger partial charge in [0.1, 0.15) is 6.04 Å². The highest BCUT2D eigenvalue weighted by atomic mass is 32.2. The molecule has 4 rings (SSSR count). The third kappa shape index (κ3) is 5.85. The van der Waals surface area contributed by atoms with E-state index in [0.717, 1.165) is 11.1 Å². The van der Waals surface area contributed by atoms with Gasteiger partial charge in [0.25, 0.3) is 0 Å². The van der Waals surface area contributed by atoms with Gasteiger partial charge in [0, 0.05) is 0 Å². The number of hydrogen-bond acceptors (Lipinski definition) is 4. The Morgan fingerprint density at radius 1 is 0.586 bits per heavy atom. The second-order valence-corrected chi connectivity index (χ2v) is 7.11. The summed E-state index contributed by atoms with van der Waals surface area (Å²) in [5.74, 6) is 0. The maximum Gasteiger partial charge on any atom is 0.311 e. The standard InChI is InChI=1S/C14H14N2O2S.C10H8/c15-13(11-7-3-1-4-8-11)14(16-19(17)18)12-9-5-2-6-10-12;1-2-6-10-8-4-3-7-9(10)5-1/h1-10,13-14H,15H2;1-8H/t13?,14-;/m0./s1. The van der Waals surface area contributed by atoms with Crippen molar-refractivity contribution in [3.63, 3.8) is 0 Å². The smallest absolute Gasteiger partial charge is 0.311 e. The van der Waals surface area contributed by atoms with E-state index in [1.165, 1.54) is 10.8 Å². The zero-order valence-electron chi connectivity index (χ0n) is 15.8. The topological polar surface area (TPSA) is 72.5 Å². The van der Waals surface area contributed by atoms with Gasteiger partial charge in [-0.05, 0) is 21.9 Å². The van der Waals surface area contributed by atoms with Gasteiger partial charge >= 0.3 is 10.5 Å². The van der Waals surface area contributed by atoms with Crippen LogP contribution in [-0.4, -0.2) is 8.42 Å². The minimum Gasteiger partial charge on any atom is -0.322 e. The fourth-order valence-corrected chi connectivity index (χ4v) is 3.51. The van der Waals surface area contributed by atoms with Gasteiger partial charge < -0.3 is 5.73 Å². The third-order valence-electron chi connectivity index (χ3n) is 4.52. The van der Waals surface area contributed by atoms with Crippen LogP contribution in [0.25, 0.3) is 10.8 Å². The first-order valence-corrected chi connectivity index (χ1v) is 10.3. The Morgan fingerprint density at radius 3 is 1.38 bits per heavy atom. The van der Waals surface area contributed by atoms with Crippen LogP contribution in [0, 0.1) is 0 Å². The Morgan fingerprint density at radius 2 is 0.966 bits per heavy atom. The molecule has 146 valence electrons. The summed E-state index contributed by atoms with van der Waals surface area (Å²) in [5, 5.41) is 2.62. The first-order chi connectivity index (χ1) is 14.1. The zero-order valence-corrected chi connectivity index (χ0v) is 16.6. The average Bonchev–Trinajstić information content (AvgIpc) is 2.78. The van der Waals surface area contributed by atoms with Crippen LogP contribution in [0.15, 0.2) is 114 Å². The Bertz CT molecular complexity index is 1100. The summed E-state index contributed by atoms with van der Waals surface area (Å²) in [6.45, 7) is 0. The molecule has 5 heteroatoms. The van der Waals surface area contributed by atoms with Crippen LogP contribution < -0.4 is 5.73 Å². The lowest BCUT2D eigenvalue weighted by Crippen LogP contribution is -2.18. The lowest BCUT2D eigenvalue weighted by molar-refractivity contribution is 0.566.